The first-order chi connectivity index (χ1) is 34.3. The van der Waals surface area contributed by atoms with Crippen LogP contribution >= 0.6 is 0 Å². The maximum Gasteiger partial charge on any atom is 0.187 e. The fourth-order valence-corrected chi connectivity index (χ4v) is 9.38. The number of ether oxygens (including phenoxy) is 12. The van der Waals surface area contributed by atoms with Crippen molar-refractivity contribution in [2.75, 3.05) is 19.8 Å². The van der Waals surface area contributed by atoms with Crippen molar-refractivity contribution in [1.82, 2.24) is 0 Å². The molecule has 9 rings (SSSR count). The number of fused-ring (bicyclic) bond motifs is 1. The molecule has 13 atom stereocenters. The van der Waals surface area contributed by atoms with Crippen molar-refractivity contribution in [2.24, 2.45) is 5.11 Å². The van der Waals surface area contributed by atoms with E-state index in [0.29, 0.717) is 19.8 Å². The van der Waals surface area contributed by atoms with Crippen LogP contribution < -0.4 is 0 Å². The van der Waals surface area contributed by atoms with Crippen LogP contribution in [-0.2, 0) is 89.9 Å². The molecule has 4 aliphatic heterocycles. The average molecular weight is 958 g/mol. The molecule has 70 heavy (non-hydrogen) atoms. The Kier molecular flexibility index (Phi) is 17.4. The van der Waals surface area contributed by atoms with E-state index < -0.39 is 85.4 Å². The van der Waals surface area contributed by atoms with Gasteiger partial charge < -0.3 is 56.8 Å². The van der Waals surface area contributed by atoms with Gasteiger partial charge in [0, 0.05) is 4.91 Å². The predicted octanol–water partition coefficient (Wildman–Crippen LogP) is 9.01. The van der Waals surface area contributed by atoms with Gasteiger partial charge in [-0.1, -0.05) is 157 Å². The minimum Gasteiger partial charge on any atom is -0.374 e. The first-order valence-corrected chi connectivity index (χ1v) is 24.1. The summed E-state index contributed by atoms with van der Waals surface area (Å²) in [6.45, 7) is 7.58. The standard InChI is InChI=1S/C55H63N3O12/c1-37-47(68-53-51(64-33-42-27-17-8-18-28-42)49(63-32-41-25-15-7-16-26-41)44(35-65-53)60-30-39-21-11-5-12-22-39)50-52(70-55(2,3)69-50)54(66-37)67-45-36-61-43(34-59-29-38-19-9-4-10-20-38)46(57-58-56)48(45)62-31-40-23-13-6-14-24-40/h4-28,37,43-54H,29-36H2,1-3H3/t37-,43+,44+,45+,46-,47-,48+,49-,50+,51+,52+,53-,54-/m0/s1. The molecule has 370 valence electrons. The molecular formula is C55H63N3O12. The molecule has 0 N–H and O–H groups in total. The molecule has 0 amide bonds. The van der Waals surface area contributed by atoms with E-state index in [1.165, 1.54) is 0 Å². The third-order valence-corrected chi connectivity index (χ3v) is 12.9. The second-order valence-corrected chi connectivity index (χ2v) is 18.4. The summed E-state index contributed by atoms with van der Waals surface area (Å²) in [7, 11) is 0. The Morgan fingerprint density at radius 3 is 1.54 bits per heavy atom. The molecule has 4 fully saturated rings. The van der Waals surface area contributed by atoms with Crippen LogP contribution in [0, 0.1) is 0 Å². The molecule has 0 saturated carbocycles. The van der Waals surface area contributed by atoms with Crippen molar-refractivity contribution in [3.63, 3.8) is 0 Å². The molecule has 4 aliphatic rings. The van der Waals surface area contributed by atoms with Crippen molar-refractivity contribution in [2.45, 2.75) is 139 Å². The van der Waals surface area contributed by atoms with Crippen molar-refractivity contribution in [3.05, 3.63) is 190 Å². The Bertz CT molecular complexity index is 2370. The zero-order valence-corrected chi connectivity index (χ0v) is 39.8. The van der Waals surface area contributed by atoms with Gasteiger partial charge in [0.15, 0.2) is 18.4 Å². The predicted molar refractivity (Wildman–Crippen MR) is 256 cm³/mol. The molecule has 15 nitrogen and oxygen atoms in total. The van der Waals surface area contributed by atoms with Crippen LogP contribution in [0.15, 0.2) is 157 Å². The molecule has 4 heterocycles. The van der Waals surface area contributed by atoms with Crippen LogP contribution in [0.25, 0.3) is 10.4 Å². The Morgan fingerprint density at radius 2 is 1.00 bits per heavy atom. The molecule has 5 aromatic rings. The van der Waals surface area contributed by atoms with E-state index in [1.54, 1.807) is 0 Å². The minimum absolute atomic E-state index is 0.0975. The van der Waals surface area contributed by atoms with Crippen LogP contribution in [0.5, 0.6) is 0 Å². The maximum atomic E-state index is 9.88. The van der Waals surface area contributed by atoms with Gasteiger partial charge in [0.25, 0.3) is 0 Å². The summed E-state index contributed by atoms with van der Waals surface area (Å²) in [4.78, 5) is 3.23. The highest BCUT2D eigenvalue weighted by Gasteiger charge is 2.58. The van der Waals surface area contributed by atoms with E-state index in [-0.39, 0.29) is 33.0 Å². The summed E-state index contributed by atoms with van der Waals surface area (Å²) in [5, 5.41) is 4.23. The molecule has 0 radical (unpaired) electrons. The Balaban J connectivity index is 0.946. The summed E-state index contributed by atoms with van der Waals surface area (Å²) in [5.74, 6) is -1.04. The lowest BCUT2D eigenvalue weighted by Crippen LogP contribution is -2.63. The minimum atomic E-state index is -1.04. The smallest absolute Gasteiger partial charge is 0.187 e. The van der Waals surface area contributed by atoms with Gasteiger partial charge in [-0.15, -0.1) is 0 Å². The molecule has 0 aromatic heterocycles. The first kappa shape index (κ1) is 49.9. The molecule has 0 bridgehead atoms. The van der Waals surface area contributed by atoms with Crippen LogP contribution in [0.2, 0.25) is 0 Å². The van der Waals surface area contributed by atoms with Crippen LogP contribution in [0.3, 0.4) is 0 Å². The van der Waals surface area contributed by atoms with Gasteiger partial charge in [0.1, 0.15) is 42.7 Å². The molecule has 0 unspecified atom stereocenters. The van der Waals surface area contributed by atoms with Gasteiger partial charge in [0.2, 0.25) is 0 Å². The highest BCUT2D eigenvalue weighted by Crippen LogP contribution is 2.42. The topological polar surface area (TPSA) is 160 Å². The fraction of sp³-hybridized carbons (Fsp3) is 0.455. The fourth-order valence-electron chi connectivity index (χ4n) is 9.38. The van der Waals surface area contributed by atoms with Crippen molar-refractivity contribution >= 4 is 0 Å². The number of hydrogen-bond donors (Lipinski definition) is 0. The third-order valence-electron chi connectivity index (χ3n) is 12.9. The van der Waals surface area contributed by atoms with Crippen LogP contribution in [0.1, 0.15) is 48.6 Å². The second kappa shape index (κ2) is 24.4. The second-order valence-electron chi connectivity index (χ2n) is 18.4. The van der Waals surface area contributed by atoms with Gasteiger partial charge in [-0.2, -0.15) is 0 Å². The molecule has 15 heteroatoms. The zero-order chi connectivity index (χ0) is 48.1. The van der Waals surface area contributed by atoms with E-state index in [0.717, 1.165) is 27.8 Å². The van der Waals surface area contributed by atoms with Crippen molar-refractivity contribution in [1.29, 1.82) is 0 Å². The summed E-state index contributed by atoms with van der Waals surface area (Å²) < 4.78 is 79.9. The Labute approximate surface area is 409 Å². The average Bonchev–Trinajstić information content (AvgIpc) is 3.73. The molecular weight excluding hydrogens is 895 g/mol. The molecule has 0 aliphatic carbocycles. The largest absolute Gasteiger partial charge is 0.374 e. The highest BCUT2D eigenvalue weighted by molar-refractivity contribution is 5.17. The van der Waals surface area contributed by atoms with E-state index in [4.69, 9.17) is 56.8 Å². The Hall–Kier alpha value is -5.07. The van der Waals surface area contributed by atoms with Crippen LogP contribution in [-0.4, -0.2) is 105 Å². The lowest BCUT2D eigenvalue weighted by atomic mass is 9.96. The number of rotatable bonds is 21. The maximum absolute atomic E-state index is 9.88. The Morgan fingerprint density at radius 1 is 0.529 bits per heavy atom. The lowest BCUT2D eigenvalue weighted by Gasteiger charge is -2.47. The monoisotopic (exact) mass is 957 g/mol. The number of benzene rings is 5. The van der Waals surface area contributed by atoms with Gasteiger partial charge in [0.05, 0.1) is 77.2 Å². The number of nitrogens with zero attached hydrogens (tertiary/aromatic N) is 3. The van der Waals surface area contributed by atoms with E-state index in [2.05, 4.69) is 10.0 Å². The summed E-state index contributed by atoms with van der Waals surface area (Å²) in [6, 6.07) is 48.8. The summed E-state index contributed by atoms with van der Waals surface area (Å²) in [5.41, 5.74) is 14.8. The van der Waals surface area contributed by atoms with Crippen molar-refractivity contribution in [3.8, 4) is 0 Å². The number of azide groups is 1. The normalized spacial score (nSPS) is 30.5. The summed E-state index contributed by atoms with van der Waals surface area (Å²) in [6.07, 6.45) is -8.65. The zero-order valence-electron chi connectivity index (χ0n) is 39.8. The third kappa shape index (κ3) is 13.1. The quantitative estimate of drug-likeness (QED) is 0.0391. The molecule has 5 aromatic carbocycles. The first-order valence-electron chi connectivity index (χ1n) is 24.1. The van der Waals surface area contributed by atoms with Gasteiger partial charge in [-0.25, -0.2) is 0 Å². The summed E-state index contributed by atoms with van der Waals surface area (Å²) >= 11 is 0. The number of hydrogen-bond acceptors (Lipinski definition) is 13. The van der Waals surface area contributed by atoms with Gasteiger partial charge >= 0.3 is 0 Å². The highest BCUT2D eigenvalue weighted by atomic mass is 16.8. The van der Waals surface area contributed by atoms with Gasteiger partial charge in [-0.3, -0.25) is 0 Å². The SMILES string of the molecule is C[C@@H]1O[C@@H](O[C@@H]2CO[C@H](COCc3ccccc3)[C@H](N=[N+]=[N-])[C@@H]2OCc2ccccc2)[C@@H]2OC(C)(C)O[C@@H]2[C@H]1O[C@@H]1OC[C@@H](OCc2ccccc2)[C@H](OCc2ccccc2)[C@H]1OCc1ccccc1. The van der Waals surface area contributed by atoms with Crippen molar-refractivity contribution < 1.29 is 56.8 Å². The van der Waals surface area contributed by atoms with E-state index in [1.807, 2.05) is 172 Å². The van der Waals surface area contributed by atoms with E-state index in [9.17, 15) is 5.53 Å². The molecule has 0 spiro atoms. The van der Waals surface area contributed by atoms with E-state index >= 15 is 0 Å². The molecule has 4 saturated heterocycles. The van der Waals surface area contributed by atoms with Crippen LogP contribution in [0.4, 0.5) is 0 Å². The van der Waals surface area contributed by atoms with Gasteiger partial charge in [-0.05, 0) is 54.1 Å². The lowest BCUT2D eigenvalue weighted by molar-refractivity contribution is -0.351.